The number of rotatable bonds is 5. The zero-order chi connectivity index (χ0) is 14.7. The van der Waals surface area contributed by atoms with E-state index in [4.69, 9.17) is 0 Å². The van der Waals surface area contributed by atoms with Crippen molar-refractivity contribution in [2.45, 2.75) is 39.8 Å². The molecule has 1 atom stereocenters. The minimum absolute atomic E-state index is 0.0253. The average molecular weight is 355 g/mol. The smallest absolute Gasteiger partial charge is 0.268 e. The standard InChI is InChI=1S/C15H19BrN2OS/c1-4-7-18-9-12(16)8-13(18)15(19)17-11(3)14-6-5-10(2)20-14/h5-6,8-9,11H,4,7H2,1-3H3,(H,17,19). The van der Waals surface area contributed by atoms with Crippen LogP contribution >= 0.6 is 27.3 Å². The molecule has 1 amide bonds. The normalized spacial score (nSPS) is 12.4. The zero-order valence-corrected chi connectivity index (χ0v) is 14.3. The number of hydrogen-bond donors (Lipinski definition) is 1. The highest BCUT2D eigenvalue weighted by molar-refractivity contribution is 9.10. The van der Waals surface area contributed by atoms with Crippen molar-refractivity contribution >= 4 is 33.2 Å². The number of aryl methyl sites for hydroxylation is 2. The van der Waals surface area contributed by atoms with Crippen LogP contribution in [-0.4, -0.2) is 10.5 Å². The molecule has 1 N–H and O–H groups in total. The summed E-state index contributed by atoms with van der Waals surface area (Å²) in [6.45, 7) is 7.05. The van der Waals surface area contributed by atoms with Crippen molar-refractivity contribution < 1.29 is 4.79 Å². The fourth-order valence-electron chi connectivity index (χ4n) is 2.12. The first kappa shape index (κ1) is 15.3. The maximum absolute atomic E-state index is 12.4. The van der Waals surface area contributed by atoms with Crippen molar-refractivity contribution in [2.75, 3.05) is 0 Å². The summed E-state index contributed by atoms with van der Waals surface area (Å²) in [7, 11) is 0. The number of halogens is 1. The lowest BCUT2D eigenvalue weighted by molar-refractivity contribution is 0.0931. The van der Waals surface area contributed by atoms with Crippen LogP contribution in [0.5, 0.6) is 0 Å². The minimum Gasteiger partial charge on any atom is -0.343 e. The third-order valence-corrected chi connectivity index (χ3v) is 4.71. The van der Waals surface area contributed by atoms with Gasteiger partial charge in [0.15, 0.2) is 0 Å². The van der Waals surface area contributed by atoms with Gasteiger partial charge in [0.1, 0.15) is 5.69 Å². The summed E-state index contributed by atoms with van der Waals surface area (Å²) in [4.78, 5) is 14.8. The molecule has 3 nitrogen and oxygen atoms in total. The number of aromatic nitrogens is 1. The first-order valence-electron chi connectivity index (χ1n) is 6.74. The van der Waals surface area contributed by atoms with Crippen LogP contribution in [0.4, 0.5) is 0 Å². The number of carbonyl (C=O) groups excluding carboxylic acids is 1. The second kappa shape index (κ2) is 6.59. The Morgan fingerprint density at radius 3 is 2.85 bits per heavy atom. The lowest BCUT2D eigenvalue weighted by atomic mass is 10.2. The Labute approximate surface area is 132 Å². The molecule has 2 aromatic rings. The monoisotopic (exact) mass is 354 g/mol. The molecular formula is C15H19BrN2OS. The minimum atomic E-state index is -0.0253. The Hall–Kier alpha value is -1.07. The molecule has 0 spiro atoms. The largest absolute Gasteiger partial charge is 0.343 e. The van der Waals surface area contributed by atoms with Crippen LogP contribution in [0, 0.1) is 6.92 Å². The van der Waals surface area contributed by atoms with Crippen LogP contribution in [0.2, 0.25) is 0 Å². The quantitative estimate of drug-likeness (QED) is 0.841. The summed E-state index contributed by atoms with van der Waals surface area (Å²) in [5.41, 5.74) is 0.707. The Balaban J connectivity index is 2.11. The van der Waals surface area contributed by atoms with E-state index in [1.165, 1.54) is 9.75 Å². The van der Waals surface area contributed by atoms with Gasteiger partial charge in [-0.15, -0.1) is 11.3 Å². The van der Waals surface area contributed by atoms with Crippen molar-refractivity contribution in [2.24, 2.45) is 0 Å². The fourth-order valence-corrected chi connectivity index (χ4v) is 3.46. The van der Waals surface area contributed by atoms with Crippen molar-refractivity contribution in [1.82, 2.24) is 9.88 Å². The summed E-state index contributed by atoms with van der Waals surface area (Å²) >= 11 is 5.16. The first-order valence-corrected chi connectivity index (χ1v) is 8.35. The molecule has 0 radical (unpaired) electrons. The molecule has 0 saturated heterocycles. The summed E-state index contributed by atoms with van der Waals surface area (Å²) in [5, 5.41) is 3.07. The van der Waals surface area contributed by atoms with Crippen molar-refractivity contribution in [3.63, 3.8) is 0 Å². The SMILES string of the molecule is CCCn1cc(Br)cc1C(=O)NC(C)c1ccc(C)s1. The average Bonchev–Trinajstić information content (AvgIpc) is 2.96. The van der Waals surface area contributed by atoms with Gasteiger partial charge in [0.05, 0.1) is 6.04 Å². The van der Waals surface area contributed by atoms with E-state index in [2.05, 4.69) is 47.2 Å². The highest BCUT2D eigenvalue weighted by atomic mass is 79.9. The van der Waals surface area contributed by atoms with Crippen LogP contribution in [0.15, 0.2) is 28.9 Å². The van der Waals surface area contributed by atoms with E-state index in [0.717, 1.165) is 17.4 Å². The summed E-state index contributed by atoms with van der Waals surface area (Å²) in [6.07, 6.45) is 2.96. The highest BCUT2D eigenvalue weighted by Gasteiger charge is 2.16. The van der Waals surface area contributed by atoms with E-state index in [9.17, 15) is 4.79 Å². The number of thiophene rings is 1. The highest BCUT2D eigenvalue weighted by Crippen LogP contribution is 2.23. The zero-order valence-electron chi connectivity index (χ0n) is 11.9. The van der Waals surface area contributed by atoms with Crippen LogP contribution in [0.3, 0.4) is 0 Å². The number of carbonyl (C=O) groups is 1. The second-order valence-corrected chi connectivity index (χ2v) is 7.12. The summed E-state index contributed by atoms with van der Waals surface area (Å²) in [5.74, 6) is -0.0253. The summed E-state index contributed by atoms with van der Waals surface area (Å²) in [6, 6.07) is 6.06. The molecule has 0 bridgehead atoms. The van der Waals surface area contributed by atoms with Crippen LogP contribution in [0.25, 0.3) is 0 Å². The molecule has 20 heavy (non-hydrogen) atoms. The fraction of sp³-hybridized carbons (Fsp3) is 0.400. The molecule has 1 unspecified atom stereocenters. The topological polar surface area (TPSA) is 34.0 Å². The molecule has 2 heterocycles. The van der Waals surface area contributed by atoms with E-state index in [0.29, 0.717) is 5.69 Å². The van der Waals surface area contributed by atoms with Gasteiger partial charge < -0.3 is 9.88 Å². The Morgan fingerprint density at radius 2 is 2.25 bits per heavy atom. The van der Waals surface area contributed by atoms with E-state index >= 15 is 0 Å². The predicted octanol–water partition coefficient (Wildman–Crippen LogP) is 4.52. The van der Waals surface area contributed by atoms with Gasteiger partial charge in [-0.25, -0.2) is 0 Å². The first-order chi connectivity index (χ1) is 9.51. The predicted molar refractivity (Wildman–Crippen MR) is 87.4 cm³/mol. The molecule has 0 aliphatic rings. The van der Waals surface area contributed by atoms with Gasteiger partial charge in [-0.1, -0.05) is 6.92 Å². The van der Waals surface area contributed by atoms with E-state index in [-0.39, 0.29) is 11.9 Å². The number of nitrogens with one attached hydrogen (secondary N) is 1. The molecule has 2 aromatic heterocycles. The van der Waals surface area contributed by atoms with Gasteiger partial charge in [-0.3, -0.25) is 4.79 Å². The molecule has 0 aliphatic heterocycles. The van der Waals surface area contributed by atoms with Crippen molar-refractivity contribution in [3.8, 4) is 0 Å². The van der Waals surface area contributed by atoms with Gasteiger partial charge in [0.25, 0.3) is 5.91 Å². The molecule has 5 heteroatoms. The maximum Gasteiger partial charge on any atom is 0.268 e. The Kier molecular flexibility index (Phi) is 5.05. The van der Waals surface area contributed by atoms with Crippen LogP contribution < -0.4 is 5.32 Å². The van der Waals surface area contributed by atoms with E-state index in [1.807, 2.05) is 23.8 Å². The number of nitrogens with zero attached hydrogens (tertiary/aromatic N) is 1. The molecule has 2 rings (SSSR count). The van der Waals surface area contributed by atoms with Crippen LogP contribution in [0.1, 0.15) is 46.6 Å². The van der Waals surface area contributed by atoms with E-state index < -0.39 is 0 Å². The maximum atomic E-state index is 12.4. The van der Waals surface area contributed by atoms with Crippen molar-refractivity contribution in [3.05, 3.63) is 44.3 Å². The lowest BCUT2D eigenvalue weighted by Gasteiger charge is -2.13. The van der Waals surface area contributed by atoms with Gasteiger partial charge in [0.2, 0.25) is 0 Å². The second-order valence-electron chi connectivity index (χ2n) is 4.88. The lowest BCUT2D eigenvalue weighted by Crippen LogP contribution is -2.28. The third kappa shape index (κ3) is 3.52. The van der Waals surface area contributed by atoms with Gasteiger partial charge in [0, 0.05) is 27.0 Å². The van der Waals surface area contributed by atoms with Gasteiger partial charge in [-0.05, 0) is 54.4 Å². The molecule has 0 fully saturated rings. The van der Waals surface area contributed by atoms with Gasteiger partial charge in [-0.2, -0.15) is 0 Å². The number of hydrogen-bond acceptors (Lipinski definition) is 2. The molecule has 108 valence electrons. The third-order valence-electron chi connectivity index (χ3n) is 3.10. The molecule has 0 saturated carbocycles. The molecular weight excluding hydrogens is 336 g/mol. The van der Waals surface area contributed by atoms with Crippen molar-refractivity contribution in [1.29, 1.82) is 0 Å². The Bertz CT molecular complexity index is 603. The van der Waals surface area contributed by atoms with Crippen LogP contribution in [-0.2, 0) is 6.54 Å². The molecule has 0 aromatic carbocycles. The van der Waals surface area contributed by atoms with Gasteiger partial charge >= 0.3 is 0 Å². The number of amides is 1. The molecule has 0 aliphatic carbocycles. The van der Waals surface area contributed by atoms with E-state index in [1.54, 1.807) is 11.3 Å². The Morgan fingerprint density at radius 1 is 1.50 bits per heavy atom. The summed E-state index contributed by atoms with van der Waals surface area (Å²) < 4.78 is 2.93.